The van der Waals surface area contributed by atoms with Crippen molar-refractivity contribution in [1.29, 1.82) is 0 Å². The van der Waals surface area contributed by atoms with Crippen LogP contribution in [0.25, 0.3) is 0 Å². The highest BCUT2D eigenvalue weighted by atomic mass is 16.1. The summed E-state index contributed by atoms with van der Waals surface area (Å²) in [5, 5.41) is 3.18. The number of carbonyl (C=O) groups is 1. The van der Waals surface area contributed by atoms with Gasteiger partial charge >= 0.3 is 0 Å². The van der Waals surface area contributed by atoms with Gasteiger partial charge in [-0.25, -0.2) is 0 Å². The Labute approximate surface area is 102 Å². The number of hydrogen-bond acceptors (Lipinski definition) is 1. The van der Waals surface area contributed by atoms with E-state index in [1.807, 2.05) is 0 Å². The van der Waals surface area contributed by atoms with Crippen LogP contribution in [0.4, 0.5) is 0 Å². The van der Waals surface area contributed by atoms with Gasteiger partial charge in [-0.2, -0.15) is 0 Å². The molecule has 3 rings (SSSR count). The topological polar surface area (TPSA) is 29.1 Å². The first kappa shape index (κ1) is 10.8. The van der Waals surface area contributed by atoms with E-state index < -0.39 is 0 Å². The molecule has 2 bridgehead atoms. The largest absolute Gasteiger partial charge is 0.353 e. The molecule has 1 N–H and O–H groups in total. The number of amides is 1. The molecule has 17 heavy (non-hydrogen) atoms. The van der Waals surface area contributed by atoms with E-state index in [1.54, 1.807) is 6.92 Å². The molecule has 0 aromatic heterocycles. The highest BCUT2D eigenvalue weighted by molar-refractivity contribution is 5.73. The third-order valence-electron chi connectivity index (χ3n) is 4.47. The molecule has 2 saturated carbocycles. The Hall–Kier alpha value is -1.31. The van der Waals surface area contributed by atoms with Gasteiger partial charge in [-0.05, 0) is 36.7 Å². The fraction of sp³-hybridized carbons (Fsp3) is 0.533. The van der Waals surface area contributed by atoms with Crippen LogP contribution in [-0.2, 0) is 4.79 Å². The third-order valence-corrected chi connectivity index (χ3v) is 4.47. The molecule has 0 heterocycles. The van der Waals surface area contributed by atoms with Crippen LogP contribution >= 0.6 is 0 Å². The van der Waals surface area contributed by atoms with Crippen molar-refractivity contribution < 1.29 is 4.79 Å². The summed E-state index contributed by atoms with van der Waals surface area (Å²) in [5.74, 6) is 2.13. The lowest BCUT2D eigenvalue weighted by atomic mass is 9.80. The zero-order valence-electron chi connectivity index (χ0n) is 10.2. The van der Waals surface area contributed by atoms with Crippen LogP contribution in [0.5, 0.6) is 0 Å². The minimum Gasteiger partial charge on any atom is -0.353 e. The summed E-state index contributed by atoms with van der Waals surface area (Å²) in [5.41, 5.74) is 1.40. The molecular formula is C15H19NO. The van der Waals surface area contributed by atoms with Gasteiger partial charge < -0.3 is 5.32 Å². The van der Waals surface area contributed by atoms with E-state index in [0.717, 1.165) is 5.92 Å². The Balaban J connectivity index is 1.88. The highest BCUT2D eigenvalue weighted by Crippen LogP contribution is 2.52. The smallest absolute Gasteiger partial charge is 0.217 e. The maximum Gasteiger partial charge on any atom is 0.217 e. The van der Waals surface area contributed by atoms with Crippen LogP contribution in [0.15, 0.2) is 30.3 Å². The fourth-order valence-electron chi connectivity index (χ4n) is 3.89. The van der Waals surface area contributed by atoms with E-state index in [9.17, 15) is 4.79 Å². The van der Waals surface area contributed by atoms with E-state index >= 15 is 0 Å². The molecule has 1 aromatic rings. The predicted molar refractivity (Wildman–Crippen MR) is 67.6 cm³/mol. The Bertz CT molecular complexity index is 414. The summed E-state index contributed by atoms with van der Waals surface area (Å²) < 4.78 is 0. The van der Waals surface area contributed by atoms with Gasteiger partial charge in [0, 0.05) is 18.9 Å². The Morgan fingerprint density at radius 3 is 2.59 bits per heavy atom. The monoisotopic (exact) mass is 229 g/mol. The summed E-state index contributed by atoms with van der Waals surface area (Å²) in [6, 6.07) is 11.1. The van der Waals surface area contributed by atoms with Gasteiger partial charge in [0.2, 0.25) is 5.91 Å². The maximum atomic E-state index is 11.3. The minimum absolute atomic E-state index is 0.114. The Morgan fingerprint density at radius 2 is 1.88 bits per heavy atom. The summed E-state index contributed by atoms with van der Waals surface area (Å²) >= 11 is 0. The maximum absolute atomic E-state index is 11.3. The van der Waals surface area contributed by atoms with Crippen LogP contribution < -0.4 is 5.32 Å². The standard InChI is InChI=1S/C15H19NO/c1-10(17)16-15-13-8-7-12(9-13)14(15)11-5-3-2-4-6-11/h2-6,12-15H,7-9H2,1H3,(H,16,17)/t12-,13+,14-,15+/m0/s1. The molecule has 90 valence electrons. The van der Waals surface area contributed by atoms with Gasteiger partial charge in [-0.15, -0.1) is 0 Å². The summed E-state index contributed by atoms with van der Waals surface area (Å²) in [6.45, 7) is 1.63. The van der Waals surface area contributed by atoms with Gasteiger partial charge in [0.15, 0.2) is 0 Å². The quantitative estimate of drug-likeness (QED) is 0.830. The van der Waals surface area contributed by atoms with E-state index in [0.29, 0.717) is 17.9 Å². The molecule has 2 aliphatic rings. The Morgan fingerprint density at radius 1 is 1.18 bits per heavy atom. The lowest BCUT2D eigenvalue weighted by Gasteiger charge is -2.31. The van der Waals surface area contributed by atoms with E-state index in [4.69, 9.17) is 0 Å². The van der Waals surface area contributed by atoms with Crippen molar-refractivity contribution in [1.82, 2.24) is 5.32 Å². The lowest BCUT2D eigenvalue weighted by molar-refractivity contribution is -0.120. The predicted octanol–water partition coefficient (Wildman–Crippen LogP) is 2.70. The molecule has 0 spiro atoms. The zero-order valence-corrected chi connectivity index (χ0v) is 10.2. The molecular weight excluding hydrogens is 210 g/mol. The van der Waals surface area contributed by atoms with E-state index in [2.05, 4.69) is 35.6 Å². The lowest BCUT2D eigenvalue weighted by Crippen LogP contribution is -2.41. The SMILES string of the molecule is CC(=O)N[C@@H]1[C@@H]2CC[C@@H](C2)[C@@H]1c1ccccc1. The van der Waals surface area contributed by atoms with Gasteiger partial charge in [0.05, 0.1) is 0 Å². The fourth-order valence-corrected chi connectivity index (χ4v) is 3.89. The van der Waals surface area contributed by atoms with E-state index in [-0.39, 0.29) is 5.91 Å². The first-order valence-electron chi connectivity index (χ1n) is 6.58. The molecule has 0 radical (unpaired) electrons. The van der Waals surface area contributed by atoms with Gasteiger partial charge in [-0.3, -0.25) is 4.79 Å². The van der Waals surface area contributed by atoms with Crippen molar-refractivity contribution in [3.63, 3.8) is 0 Å². The highest BCUT2D eigenvalue weighted by Gasteiger charge is 2.48. The number of rotatable bonds is 2. The van der Waals surface area contributed by atoms with Crippen LogP contribution in [0.3, 0.4) is 0 Å². The number of carbonyl (C=O) groups excluding carboxylic acids is 1. The van der Waals surface area contributed by atoms with Crippen LogP contribution in [0.1, 0.15) is 37.7 Å². The van der Waals surface area contributed by atoms with Crippen molar-refractivity contribution >= 4 is 5.91 Å². The van der Waals surface area contributed by atoms with Gasteiger partial charge in [0.1, 0.15) is 0 Å². The Kier molecular flexibility index (Phi) is 2.65. The zero-order chi connectivity index (χ0) is 11.8. The van der Waals surface area contributed by atoms with Crippen LogP contribution in [-0.4, -0.2) is 11.9 Å². The van der Waals surface area contributed by atoms with Crippen molar-refractivity contribution in [2.45, 2.75) is 38.1 Å². The first-order chi connectivity index (χ1) is 8.25. The average Bonchev–Trinajstić information content (AvgIpc) is 2.90. The van der Waals surface area contributed by atoms with E-state index in [1.165, 1.54) is 24.8 Å². The van der Waals surface area contributed by atoms with Crippen molar-refractivity contribution in [3.05, 3.63) is 35.9 Å². The first-order valence-corrected chi connectivity index (χ1v) is 6.58. The second kappa shape index (κ2) is 4.17. The third kappa shape index (κ3) is 1.86. The number of hydrogen-bond donors (Lipinski definition) is 1. The number of benzene rings is 1. The van der Waals surface area contributed by atoms with Crippen LogP contribution in [0, 0.1) is 11.8 Å². The molecule has 1 amide bonds. The summed E-state index contributed by atoms with van der Waals surface area (Å²) in [6.07, 6.45) is 3.92. The molecule has 0 aliphatic heterocycles. The van der Waals surface area contributed by atoms with Crippen molar-refractivity contribution in [3.8, 4) is 0 Å². The molecule has 0 saturated heterocycles. The normalized spacial score (nSPS) is 34.9. The molecule has 2 heteroatoms. The molecule has 2 fully saturated rings. The van der Waals surface area contributed by atoms with Crippen molar-refractivity contribution in [2.75, 3.05) is 0 Å². The molecule has 4 atom stereocenters. The molecule has 0 unspecified atom stereocenters. The second-order valence-electron chi connectivity index (χ2n) is 5.50. The second-order valence-corrected chi connectivity index (χ2v) is 5.50. The van der Waals surface area contributed by atoms with Gasteiger partial charge in [0.25, 0.3) is 0 Å². The molecule has 2 nitrogen and oxygen atoms in total. The summed E-state index contributed by atoms with van der Waals surface area (Å²) in [7, 11) is 0. The van der Waals surface area contributed by atoms with Crippen LogP contribution in [0.2, 0.25) is 0 Å². The molecule has 2 aliphatic carbocycles. The van der Waals surface area contributed by atoms with Gasteiger partial charge in [-0.1, -0.05) is 30.3 Å². The minimum atomic E-state index is 0.114. The summed E-state index contributed by atoms with van der Waals surface area (Å²) in [4.78, 5) is 11.3. The number of nitrogens with one attached hydrogen (secondary N) is 1. The average molecular weight is 229 g/mol. The molecule has 1 aromatic carbocycles. The number of fused-ring (bicyclic) bond motifs is 2. The van der Waals surface area contributed by atoms with Crippen molar-refractivity contribution in [2.24, 2.45) is 11.8 Å².